The molecule has 0 heterocycles. The summed E-state index contributed by atoms with van der Waals surface area (Å²) in [6, 6.07) is 0. The van der Waals surface area contributed by atoms with Gasteiger partial charge < -0.3 is 9.53 Å². The summed E-state index contributed by atoms with van der Waals surface area (Å²) < 4.78 is 6.42. The number of carbonyl (C=O) groups is 1. The first-order valence-electron chi connectivity index (χ1n) is 7.46. The summed E-state index contributed by atoms with van der Waals surface area (Å²) in [6.07, 6.45) is 5.44. The largest absolute Gasteiger partial charge is 0.412 e. The molecule has 4 heteroatoms. The van der Waals surface area contributed by atoms with Gasteiger partial charge in [-0.25, -0.2) is 0 Å². The van der Waals surface area contributed by atoms with E-state index in [0.717, 1.165) is 12.8 Å². The van der Waals surface area contributed by atoms with Crippen LogP contribution in [0.1, 0.15) is 40.5 Å². The summed E-state index contributed by atoms with van der Waals surface area (Å²) in [5.41, 5.74) is -1.03. The van der Waals surface area contributed by atoms with Crippen molar-refractivity contribution in [2.75, 3.05) is 0 Å². The zero-order valence-corrected chi connectivity index (χ0v) is 15.0. The number of ketones is 1. The fraction of sp³-hybridized carbons (Fsp3) is 0.812. The Labute approximate surface area is 124 Å². The quantitative estimate of drug-likeness (QED) is 0.624. The molecule has 0 bridgehead atoms. The van der Waals surface area contributed by atoms with Crippen LogP contribution in [0, 0.1) is 11.8 Å². The van der Waals surface area contributed by atoms with E-state index in [2.05, 4.69) is 26.6 Å². The molecular formula is C16H30O3Si. The lowest BCUT2D eigenvalue weighted by molar-refractivity contribution is -0.112. The molecule has 1 rings (SSSR count). The highest BCUT2D eigenvalue weighted by molar-refractivity contribution is 6.69. The number of hydrogen-bond donors (Lipinski definition) is 1. The van der Waals surface area contributed by atoms with Crippen molar-refractivity contribution < 1.29 is 14.3 Å². The van der Waals surface area contributed by atoms with Crippen molar-refractivity contribution >= 4 is 14.1 Å². The van der Waals surface area contributed by atoms with Gasteiger partial charge in [0.15, 0.2) is 14.1 Å². The molecule has 0 amide bonds. The first-order chi connectivity index (χ1) is 8.85. The fourth-order valence-electron chi connectivity index (χ4n) is 3.40. The Morgan fingerprint density at radius 1 is 1.40 bits per heavy atom. The minimum Gasteiger partial charge on any atom is -0.412 e. The number of allylic oxidation sites excluding steroid dienone is 1. The van der Waals surface area contributed by atoms with Crippen molar-refractivity contribution in [3.63, 3.8) is 0 Å². The highest BCUT2D eigenvalue weighted by Crippen LogP contribution is 2.49. The molecule has 0 radical (unpaired) electrons. The minimum absolute atomic E-state index is 0.0433. The van der Waals surface area contributed by atoms with E-state index in [0.29, 0.717) is 0 Å². The molecule has 0 aromatic rings. The molecule has 1 saturated carbocycles. The molecule has 20 heavy (non-hydrogen) atoms. The molecule has 1 fully saturated rings. The Kier molecular flexibility index (Phi) is 5.05. The Morgan fingerprint density at radius 3 is 2.35 bits per heavy atom. The van der Waals surface area contributed by atoms with E-state index in [9.17, 15) is 9.90 Å². The number of aliphatic hydroxyl groups is 1. The van der Waals surface area contributed by atoms with Gasteiger partial charge in [-0.2, -0.15) is 0 Å². The zero-order chi connectivity index (χ0) is 15.8. The van der Waals surface area contributed by atoms with Gasteiger partial charge in [-0.05, 0) is 72.2 Å². The normalized spacial score (nSPS) is 32.0. The number of rotatable bonds is 5. The Hall–Kier alpha value is -0.453. The monoisotopic (exact) mass is 298 g/mol. The van der Waals surface area contributed by atoms with E-state index in [1.165, 1.54) is 0 Å². The van der Waals surface area contributed by atoms with E-state index in [1.54, 1.807) is 13.0 Å². The molecule has 116 valence electrons. The van der Waals surface area contributed by atoms with Gasteiger partial charge in [-0.1, -0.05) is 6.08 Å². The lowest BCUT2D eigenvalue weighted by Gasteiger charge is -2.40. The number of hydrogen-bond acceptors (Lipinski definition) is 3. The maximum Gasteiger partial charge on any atom is 0.184 e. The topological polar surface area (TPSA) is 46.5 Å². The minimum atomic E-state index is -1.68. The second-order valence-corrected chi connectivity index (χ2v) is 12.3. The SMILES string of the molecule is CC(=O)C=CC1C(C(C)(C)O)CCC1(C)O[Si](C)(C)C. The van der Waals surface area contributed by atoms with Gasteiger partial charge in [-0.15, -0.1) is 0 Å². The van der Waals surface area contributed by atoms with Gasteiger partial charge in [0, 0.05) is 5.92 Å². The predicted molar refractivity (Wildman–Crippen MR) is 85.2 cm³/mol. The maximum absolute atomic E-state index is 11.3. The predicted octanol–water partition coefficient (Wildman–Crippen LogP) is 3.54. The summed E-state index contributed by atoms with van der Waals surface area (Å²) in [5, 5.41) is 10.4. The van der Waals surface area contributed by atoms with Crippen molar-refractivity contribution in [1.82, 2.24) is 0 Å². The highest BCUT2D eigenvalue weighted by atomic mass is 28.4. The molecule has 1 aliphatic rings. The van der Waals surface area contributed by atoms with Gasteiger partial charge in [0.1, 0.15) is 0 Å². The van der Waals surface area contributed by atoms with E-state index in [4.69, 9.17) is 4.43 Å². The van der Waals surface area contributed by atoms with Crippen LogP contribution in [0.4, 0.5) is 0 Å². The Bertz CT molecular complexity index is 390. The van der Waals surface area contributed by atoms with Crippen molar-refractivity contribution in [2.24, 2.45) is 11.8 Å². The van der Waals surface area contributed by atoms with Crippen molar-refractivity contribution in [3.05, 3.63) is 12.2 Å². The smallest absolute Gasteiger partial charge is 0.184 e. The van der Waals surface area contributed by atoms with Gasteiger partial charge in [0.25, 0.3) is 0 Å². The van der Waals surface area contributed by atoms with E-state index in [-0.39, 0.29) is 23.2 Å². The van der Waals surface area contributed by atoms with Crippen LogP contribution in [0.5, 0.6) is 0 Å². The van der Waals surface area contributed by atoms with E-state index < -0.39 is 13.9 Å². The summed E-state index contributed by atoms with van der Waals surface area (Å²) in [4.78, 5) is 11.3. The molecule has 3 unspecified atom stereocenters. The third-order valence-corrected chi connectivity index (χ3v) is 5.15. The zero-order valence-electron chi connectivity index (χ0n) is 14.0. The third kappa shape index (κ3) is 4.54. The third-order valence-electron chi connectivity index (χ3n) is 4.08. The van der Waals surface area contributed by atoms with Gasteiger partial charge in [-0.3, -0.25) is 4.79 Å². The first-order valence-corrected chi connectivity index (χ1v) is 10.9. The van der Waals surface area contributed by atoms with Crippen molar-refractivity contribution in [2.45, 2.75) is 71.4 Å². The second-order valence-electron chi connectivity index (χ2n) is 7.82. The lowest BCUT2D eigenvalue weighted by atomic mass is 9.78. The summed E-state index contributed by atoms with van der Waals surface area (Å²) in [7, 11) is -1.68. The molecule has 1 aliphatic carbocycles. The van der Waals surface area contributed by atoms with Crippen LogP contribution in [0.2, 0.25) is 19.6 Å². The van der Waals surface area contributed by atoms with E-state index >= 15 is 0 Å². The second kappa shape index (κ2) is 5.74. The molecule has 1 N–H and O–H groups in total. The first kappa shape index (κ1) is 17.6. The molecule has 0 saturated heterocycles. The highest BCUT2D eigenvalue weighted by Gasteiger charge is 2.50. The van der Waals surface area contributed by atoms with Gasteiger partial charge in [0.2, 0.25) is 0 Å². The van der Waals surface area contributed by atoms with Crippen LogP contribution in [0.15, 0.2) is 12.2 Å². The standard InChI is InChI=1S/C16H30O3Si/c1-12(17)8-9-14-13(15(2,3)18)10-11-16(14,4)19-20(5,6)7/h8-9,13-14,18H,10-11H2,1-7H3. The molecule has 0 spiro atoms. The summed E-state index contributed by atoms with van der Waals surface area (Å²) >= 11 is 0. The van der Waals surface area contributed by atoms with Crippen molar-refractivity contribution in [3.8, 4) is 0 Å². The molecule has 3 atom stereocenters. The Balaban J connectivity index is 3.09. The van der Waals surface area contributed by atoms with Crippen molar-refractivity contribution in [1.29, 1.82) is 0 Å². The molecule has 3 nitrogen and oxygen atoms in total. The average Bonchev–Trinajstić information content (AvgIpc) is 2.48. The van der Waals surface area contributed by atoms with Gasteiger partial charge in [0.05, 0.1) is 11.2 Å². The molecule has 0 aliphatic heterocycles. The molecular weight excluding hydrogens is 268 g/mol. The van der Waals surface area contributed by atoms with Crippen LogP contribution in [-0.4, -0.2) is 30.4 Å². The number of carbonyl (C=O) groups excluding carboxylic acids is 1. The lowest BCUT2D eigenvalue weighted by Crippen LogP contribution is -2.46. The Morgan fingerprint density at radius 2 is 1.95 bits per heavy atom. The van der Waals surface area contributed by atoms with Gasteiger partial charge >= 0.3 is 0 Å². The van der Waals surface area contributed by atoms with Crippen LogP contribution < -0.4 is 0 Å². The van der Waals surface area contributed by atoms with Crippen LogP contribution in [0.3, 0.4) is 0 Å². The molecule has 0 aromatic heterocycles. The average molecular weight is 298 g/mol. The maximum atomic E-state index is 11.3. The van der Waals surface area contributed by atoms with Crippen LogP contribution >= 0.6 is 0 Å². The van der Waals surface area contributed by atoms with Crippen LogP contribution in [0.25, 0.3) is 0 Å². The summed E-state index contributed by atoms with van der Waals surface area (Å²) in [6.45, 7) is 13.9. The van der Waals surface area contributed by atoms with E-state index in [1.807, 2.05) is 19.9 Å². The van der Waals surface area contributed by atoms with Crippen LogP contribution in [-0.2, 0) is 9.22 Å². The molecule has 0 aromatic carbocycles. The fourth-order valence-corrected chi connectivity index (χ4v) is 5.04. The summed E-state index contributed by atoms with van der Waals surface area (Å²) in [5.74, 6) is 0.249.